The summed E-state index contributed by atoms with van der Waals surface area (Å²) in [4.78, 5) is 11.6. The van der Waals surface area contributed by atoms with Crippen LogP contribution in [0.2, 0.25) is 0 Å². The van der Waals surface area contributed by atoms with Gasteiger partial charge in [0.15, 0.2) is 0 Å². The molecule has 1 aromatic rings. The molecule has 1 atom stereocenters. The lowest BCUT2D eigenvalue weighted by Crippen LogP contribution is -2.50. The number of hydrogen-bond donors (Lipinski definition) is 1. The molecular formula is C11H15NO3S. The molecule has 2 rings (SSSR count). The van der Waals surface area contributed by atoms with Crippen LogP contribution in [0.15, 0.2) is 23.0 Å². The molecule has 1 amide bonds. The minimum Gasteiger partial charge on any atom is -0.472 e. The van der Waals surface area contributed by atoms with Crippen LogP contribution in [0.4, 0.5) is 0 Å². The molecule has 5 heteroatoms. The fourth-order valence-corrected chi connectivity index (χ4v) is 3.01. The highest BCUT2D eigenvalue weighted by molar-refractivity contribution is 7.85. The van der Waals surface area contributed by atoms with Crippen molar-refractivity contribution >= 4 is 16.7 Å². The first kappa shape index (κ1) is 11.4. The number of nitrogens with one attached hydrogen (secondary N) is 1. The van der Waals surface area contributed by atoms with Crippen LogP contribution >= 0.6 is 0 Å². The van der Waals surface area contributed by atoms with Gasteiger partial charge < -0.3 is 9.73 Å². The van der Waals surface area contributed by atoms with Crippen molar-refractivity contribution in [3.05, 3.63) is 24.2 Å². The second-order valence-corrected chi connectivity index (χ2v) is 5.96. The molecule has 0 bridgehead atoms. The molecule has 4 nitrogen and oxygen atoms in total. The predicted molar refractivity (Wildman–Crippen MR) is 61.7 cm³/mol. The molecule has 0 aromatic carbocycles. The van der Waals surface area contributed by atoms with Crippen LogP contribution in [0.3, 0.4) is 0 Å². The molecule has 1 aliphatic rings. The minimum absolute atomic E-state index is 0.162. The fraction of sp³-hybridized carbons (Fsp3) is 0.545. The van der Waals surface area contributed by atoms with Gasteiger partial charge in [0.2, 0.25) is 0 Å². The molecule has 0 aliphatic heterocycles. The molecule has 1 aromatic heterocycles. The highest BCUT2D eigenvalue weighted by Gasteiger charge is 2.41. The monoisotopic (exact) mass is 241 g/mol. The summed E-state index contributed by atoms with van der Waals surface area (Å²) in [6.07, 6.45) is 7.55. The zero-order valence-electron chi connectivity index (χ0n) is 9.19. The molecule has 1 heterocycles. The fourth-order valence-electron chi connectivity index (χ4n) is 1.87. The quantitative estimate of drug-likeness (QED) is 0.864. The summed E-state index contributed by atoms with van der Waals surface area (Å²) in [6.45, 7) is 0.486. The molecule has 1 unspecified atom stereocenters. The molecule has 1 aliphatic carbocycles. The van der Waals surface area contributed by atoms with Gasteiger partial charge in [-0.05, 0) is 18.9 Å². The zero-order chi connectivity index (χ0) is 11.6. The maximum absolute atomic E-state index is 11.6. The van der Waals surface area contributed by atoms with Gasteiger partial charge in [0, 0.05) is 23.6 Å². The van der Waals surface area contributed by atoms with E-state index in [1.165, 1.54) is 12.5 Å². The van der Waals surface area contributed by atoms with Crippen LogP contribution < -0.4 is 5.32 Å². The van der Waals surface area contributed by atoms with E-state index in [1.807, 2.05) is 0 Å². The van der Waals surface area contributed by atoms with Gasteiger partial charge in [-0.2, -0.15) is 0 Å². The van der Waals surface area contributed by atoms with Crippen molar-refractivity contribution in [2.75, 3.05) is 12.8 Å². The standard InChI is InChI=1S/C11H15NO3S/c1-16(14)11(4-2-5-11)8-12-10(13)9-3-6-15-7-9/h3,6-7H,2,4-5,8H2,1H3,(H,12,13). The lowest BCUT2D eigenvalue weighted by molar-refractivity contribution is 0.0943. The molecule has 1 fully saturated rings. The Bertz CT molecular complexity index is 395. The van der Waals surface area contributed by atoms with Crippen molar-refractivity contribution in [2.24, 2.45) is 0 Å². The lowest BCUT2D eigenvalue weighted by atomic mass is 9.84. The van der Waals surface area contributed by atoms with Gasteiger partial charge in [-0.15, -0.1) is 0 Å². The molecule has 0 radical (unpaired) electrons. The van der Waals surface area contributed by atoms with Crippen molar-refractivity contribution in [2.45, 2.75) is 24.0 Å². The smallest absolute Gasteiger partial charge is 0.254 e. The van der Waals surface area contributed by atoms with E-state index in [9.17, 15) is 9.00 Å². The van der Waals surface area contributed by atoms with Crippen molar-refractivity contribution in [3.8, 4) is 0 Å². The van der Waals surface area contributed by atoms with E-state index in [0.717, 1.165) is 19.3 Å². The summed E-state index contributed by atoms with van der Waals surface area (Å²) >= 11 is 0. The molecule has 16 heavy (non-hydrogen) atoms. The largest absolute Gasteiger partial charge is 0.472 e. The maximum atomic E-state index is 11.6. The summed E-state index contributed by atoms with van der Waals surface area (Å²) in [5.74, 6) is -0.162. The van der Waals surface area contributed by atoms with E-state index >= 15 is 0 Å². The average molecular weight is 241 g/mol. The third-order valence-corrected chi connectivity index (χ3v) is 5.00. The third kappa shape index (κ3) is 2.04. The van der Waals surface area contributed by atoms with E-state index in [4.69, 9.17) is 4.42 Å². The molecular weight excluding hydrogens is 226 g/mol. The highest BCUT2D eigenvalue weighted by atomic mass is 32.2. The Hall–Kier alpha value is -1.10. The summed E-state index contributed by atoms with van der Waals surface area (Å²) < 4.78 is 16.2. The van der Waals surface area contributed by atoms with Gasteiger partial charge in [0.05, 0.1) is 16.6 Å². The Balaban J connectivity index is 1.92. The minimum atomic E-state index is -0.884. The first-order valence-electron chi connectivity index (χ1n) is 5.28. The van der Waals surface area contributed by atoms with Gasteiger partial charge in [-0.1, -0.05) is 6.42 Å². The van der Waals surface area contributed by atoms with Crippen molar-refractivity contribution in [1.29, 1.82) is 0 Å². The third-order valence-electron chi connectivity index (χ3n) is 3.23. The highest BCUT2D eigenvalue weighted by Crippen LogP contribution is 2.36. The second-order valence-electron chi connectivity index (χ2n) is 4.19. The summed E-state index contributed by atoms with van der Waals surface area (Å²) in [5.41, 5.74) is 0.511. The normalized spacial score (nSPS) is 19.8. The molecule has 88 valence electrons. The first-order valence-corrected chi connectivity index (χ1v) is 6.84. The van der Waals surface area contributed by atoms with Crippen LogP contribution in [0, 0.1) is 0 Å². The number of carbonyl (C=O) groups is 1. The molecule has 0 saturated heterocycles. The average Bonchev–Trinajstić information content (AvgIpc) is 2.67. The van der Waals surface area contributed by atoms with E-state index in [0.29, 0.717) is 12.1 Å². The predicted octanol–water partition coefficient (Wildman–Crippen LogP) is 1.31. The summed E-state index contributed by atoms with van der Waals surface area (Å²) in [5, 5.41) is 2.82. The summed E-state index contributed by atoms with van der Waals surface area (Å²) in [7, 11) is -0.884. The molecule has 1 N–H and O–H groups in total. The van der Waals surface area contributed by atoms with E-state index < -0.39 is 10.8 Å². The number of amides is 1. The van der Waals surface area contributed by atoms with Crippen LogP contribution in [0.5, 0.6) is 0 Å². The zero-order valence-corrected chi connectivity index (χ0v) is 10.0. The van der Waals surface area contributed by atoms with Gasteiger partial charge in [-0.25, -0.2) is 0 Å². The van der Waals surface area contributed by atoms with E-state index in [2.05, 4.69) is 5.32 Å². The van der Waals surface area contributed by atoms with Crippen LogP contribution in [-0.2, 0) is 10.8 Å². The number of rotatable bonds is 4. The summed E-state index contributed by atoms with van der Waals surface area (Å²) in [6, 6.07) is 1.62. The Kier molecular flexibility index (Phi) is 3.14. The number of furan rings is 1. The van der Waals surface area contributed by atoms with Gasteiger partial charge in [0.1, 0.15) is 6.26 Å². The van der Waals surface area contributed by atoms with Gasteiger partial charge >= 0.3 is 0 Å². The lowest BCUT2D eigenvalue weighted by Gasteiger charge is -2.39. The Morgan fingerprint density at radius 3 is 2.81 bits per heavy atom. The topological polar surface area (TPSA) is 59.3 Å². The number of carbonyl (C=O) groups excluding carboxylic acids is 1. The van der Waals surface area contributed by atoms with Gasteiger partial charge in [0.25, 0.3) is 5.91 Å². The van der Waals surface area contributed by atoms with Crippen molar-refractivity contribution in [1.82, 2.24) is 5.32 Å². The second kappa shape index (κ2) is 4.41. The van der Waals surface area contributed by atoms with Crippen molar-refractivity contribution in [3.63, 3.8) is 0 Å². The Morgan fingerprint density at radius 2 is 2.38 bits per heavy atom. The molecule has 0 spiro atoms. The van der Waals surface area contributed by atoms with E-state index in [1.54, 1.807) is 12.3 Å². The first-order chi connectivity index (χ1) is 7.64. The number of hydrogen-bond acceptors (Lipinski definition) is 3. The molecule has 1 saturated carbocycles. The van der Waals surface area contributed by atoms with Crippen LogP contribution in [0.25, 0.3) is 0 Å². The van der Waals surface area contributed by atoms with Crippen LogP contribution in [-0.4, -0.2) is 27.7 Å². The Morgan fingerprint density at radius 1 is 1.62 bits per heavy atom. The van der Waals surface area contributed by atoms with Gasteiger partial charge in [-0.3, -0.25) is 9.00 Å². The maximum Gasteiger partial charge on any atom is 0.254 e. The van der Waals surface area contributed by atoms with Crippen molar-refractivity contribution < 1.29 is 13.4 Å². The Labute approximate surface area is 96.9 Å². The van der Waals surface area contributed by atoms with Crippen LogP contribution in [0.1, 0.15) is 29.6 Å². The van der Waals surface area contributed by atoms with E-state index in [-0.39, 0.29) is 10.7 Å². The SMILES string of the molecule is CS(=O)C1(CNC(=O)c2ccoc2)CCC1.